The molecule has 0 saturated carbocycles. The highest BCUT2D eigenvalue weighted by molar-refractivity contribution is 7.92. The number of carbonyl (C=O) groups is 1. The fourth-order valence-electron chi connectivity index (χ4n) is 2.63. The number of nitrogens with one attached hydrogen (secondary N) is 2. The summed E-state index contributed by atoms with van der Waals surface area (Å²) < 4.78 is 37.0. The molecule has 0 aromatic heterocycles. The number of anilines is 2. The number of rotatable bonds is 8. The second-order valence-electron chi connectivity index (χ2n) is 7.94. The van der Waals surface area contributed by atoms with E-state index in [4.69, 9.17) is 9.47 Å². The van der Waals surface area contributed by atoms with Gasteiger partial charge in [-0.25, -0.2) is 8.42 Å². The lowest BCUT2D eigenvalue weighted by molar-refractivity contribution is -0.122. The molecule has 2 N–H and O–H groups in total. The average molecular weight is 435 g/mol. The van der Waals surface area contributed by atoms with Gasteiger partial charge in [-0.3, -0.25) is 9.52 Å². The van der Waals surface area contributed by atoms with Crippen LogP contribution in [0.15, 0.2) is 42.5 Å². The molecule has 1 unspecified atom stereocenters. The fourth-order valence-corrected chi connectivity index (χ4v) is 3.28. The predicted molar refractivity (Wildman–Crippen MR) is 120 cm³/mol. The Morgan fingerprint density at radius 3 is 2.27 bits per heavy atom. The van der Waals surface area contributed by atoms with Gasteiger partial charge in [0.05, 0.1) is 18.6 Å². The summed E-state index contributed by atoms with van der Waals surface area (Å²) in [4.78, 5) is 12.5. The molecular weight excluding hydrogens is 404 g/mol. The predicted octanol–water partition coefficient (Wildman–Crippen LogP) is 4.16. The van der Waals surface area contributed by atoms with Crippen LogP contribution in [-0.4, -0.2) is 33.3 Å². The van der Waals surface area contributed by atoms with Crippen LogP contribution in [0.2, 0.25) is 0 Å². The van der Waals surface area contributed by atoms with Crippen LogP contribution in [0, 0.1) is 0 Å². The highest BCUT2D eigenvalue weighted by Gasteiger charge is 2.18. The number of methoxy groups -OCH3 is 1. The van der Waals surface area contributed by atoms with Gasteiger partial charge in [0.15, 0.2) is 6.10 Å². The Labute approximate surface area is 178 Å². The van der Waals surface area contributed by atoms with Crippen LogP contribution in [0.25, 0.3) is 0 Å². The summed E-state index contributed by atoms with van der Waals surface area (Å²) in [5.41, 5.74) is 1.99. The monoisotopic (exact) mass is 434 g/mol. The molecule has 0 saturated heterocycles. The second kappa shape index (κ2) is 9.38. The molecule has 8 heteroatoms. The van der Waals surface area contributed by atoms with Crippen LogP contribution in [0.4, 0.5) is 11.4 Å². The molecule has 164 valence electrons. The molecular formula is C22H30N2O5S. The Hall–Kier alpha value is -2.74. The summed E-state index contributed by atoms with van der Waals surface area (Å²) in [6.45, 7) is 9.60. The molecule has 1 amide bonds. The van der Waals surface area contributed by atoms with E-state index in [1.807, 2.05) is 24.3 Å². The average Bonchev–Trinajstić information content (AvgIpc) is 2.68. The maximum Gasteiger partial charge on any atom is 0.265 e. The molecule has 0 radical (unpaired) electrons. The van der Waals surface area contributed by atoms with Crippen molar-refractivity contribution in [3.8, 4) is 11.5 Å². The molecule has 0 heterocycles. The van der Waals surface area contributed by atoms with Gasteiger partial charge in [0, 0.05) is 11.8 Å². The van der Waals surface area contributed by atoms with E-state index >= 15 is 0 Å². The summed E-state index contributed by atoms with van der Waals surface area (Å²) in [7, 11) is -2.01. The zero-order chi connectivity index (χ0) is 22.5. The third kappa shape index (κ3) is 6.38. The van der Waals surface area contributed by atoms with Crippen LogP contribution in [-0.2, 0) is 20.2 Å². The summed E-state index contributed by atoms with van der Waals surface area (Å²) in [6, 6.07) is 12.4. The molecule has 2 aromatic carbocycles. The van der Waals surface area contributed by atoms with E-state index in [0.717, 1.165) is 0 Å². The number of ether oxygens (including phenoxy) is 2. The van der Waals surface area contributed by atoms with Crippen molar-refractivity contribution in [2.24, 2.45) is 0 Å². The van der Waals surface area contributed by atoms with Gasteiger partial charge in [-0.15, -0.1) is 0 Å². The lowest BCUT2D eigenvalue weighted by atomic mass is 9.87. The standard InChI is InChI=1S/C22H30N2O5S/c1-7-30(26,27)24-19-13-10-17(14-20(19)28-6)23-21(25)15(2)29-18-11-8-16(9-12-18)22(3,4)5/h8-15,24H,7H2,1-6H3,(H,23,25). The maximum absolute atomic E-state index is 12.5. The molecule has 0 aliphatic rings. The van der Waals surface area contributed by atoms with Crippen molar-refractivity contribution in [2.45, 2.75) is 46.1 Å². The first-order valence-electron chi connectivity index (χ1n) is 9.71. The molecule has 0 fully saturated rings. The lowest BCUT2D eigenvalue weighted by Gasteiger charge is -2.20. The molecule has 0 aliphatic carbocycles. The molecule has 1 atom stereocenters. The lowest BCUT2D eigenvalue weighted by Crippen LogP contribution is -2.30. The Morgan fingerprint density at radius 2 is 1.73 bits per heavy atom. The van der Waals surface area contributed by atoms with Crippen molar-refractivity contribution >= 4 is 27.3 Å². The largest absolute Gasteiger partial charge is 0.494 e. The molecule has 2 rings (SSSR count). The zero-order valence-corrected chi connectivity index (χ0v) is 19.1. The normalized spacial score (nSPS) is 12.7. The van der Waals surface area contributed by atoms with Crippen LogP contribution in [0.1, 0.15) is 40.2 Å². The number of carbonyl (C=O) groups excluding carboxylic acids is 1. The van der Waals surface area contributed by atoms with E-state index in [2.05, 4.69) is 30.8 Å². The van der Waals surface area contributed by atoms with Gasteiger partial charge in [0.2, 0.25) is 10.0 Å². The third-order valence-electron chi connectivity index (χ3n) is 4.52. The van der Waals surface area contributed by atoms with E-state index in [1.54, 1.807) is 32.0 Å². The van der Waals surface area contributed by atoms with Crippen molar-refractivity contribution in [3.05, 3.63) is 48.0 Å². The molecule has 0 spiro atoms. The van der Waals surface area contributed by atoms with Crippen molar-refractivity contribution in [2.75, 3.05) is 22.9 Å². The van der Waals surface area contributed by atoms with Gasteiger partial charge >= 0.3 is 0 Å². The summed E-state index contributed by atoms with van der Waals surface area (Å²) in [5.74, 6) is 0.516. The minimum absolute atomic E-state index is 0.0397. The smallest absolute Gasteiger partial charge is 0.265 e. The summed E-state index contributed by atoms with van der Waals surface area (Å²) in [6.07, 6.45) is -0.727. The minimum atomic E-state index is -3.44. The van der Waals surface area contributed by atoms with Gasteiger partial charge in [-0.1, -0.05) is 32.9 Å². The van der Waals surface area contributed by atoms with Crippen molar-refractivity contribution in [1.82, 2.24) is 0 Å². The highest BCUT2D eigenvalue weighted by Crippen LogP contribution is 2.29. The molecule has 2 aromatic rings. The van der Waals surface area contributed by atoms with Crippen LogP contribution in [0.5, 0.6) is 11.5 Å². The number of benzene rings is 2. The van der Waals surface area contributed by atoms with Crippen LogP contribution < -0.4 is 19.5 Å². The summed E-state index contributed by atoms with van der Waals surface area (Å²) >= 11 is 0. The van der Waals surface area contributed by atoms with Gasteiger partial charge in [0.1, 0.15) is 11.5 Å². The number of hydrogen-bond acceptors (Lipinski definition) is 5. The Balaban J connectivity index is 2.06. The SMILES string of the molecule is CCS(=O)(=O)Nc1ccc(NC(=O)C(C)Oc2ccc(C(C)(C)C)cc2)cc1OC. The van der Waals surface area contributed by atoms with Gasteiger partial charge in [-0.2, -0.15) is 0 Å². The maximum atomic E-state index is 12.5. The quantitative estimate of drug-likeness (QED) is 0.651. The van der Waals surface area contributed by atoms with E-state index in [1.165, 1.54) is 12.7 Å². The first-order valence-corrected chi connectivity index (χ1v) is 11.4. The van der Waals surface area contributed by atoms with E-state index in [-0.39, 0.29) is 17.1 Å². The van der Waals surface area contributed by atoms with Crippen molar-refractivity contribution in [1.29, 1.82) is 0 Å². The zero-order valence-electron chi connectivity index (χ0n) is 18.3. The fraction of sp³-hybridized carbons (Fsp3) is 0.409. The van der Waals surface area contributed by atoms with Crippen LogP contribution in [0.3, 0.4) is 0 Å². The first kappa shape index (κ1) is 23.5. The Kier molecular flexibility index (Phi) is 7.36. The molecule has 30 heavy (non-hydrogen) atoms. The van der Waals surface area contributed by atoms with Crippen LogP contribution >= 0.6 is 0 Å². The number of amides is 1. The van der Waals surface area contributed by atoms with Crippen molar-refractivity contribution < 1.29 is 22.7 Å². The van der Waals surface area contributed by atoms with E-state index in [9.17, 15) is 13.2 Å². The van der Waals surface area contributed by atoms with E-state index < -0.39 is 16.1 Å². The Bertz CT molecular complexity index is 980. The molecule has 0 bridgehead atoms. The molecule has 0 aliphatic heterocycles. The van der Waals surface area contributed by atoms with Crippen molar-refractivity contribution in [3.63, 3.8) is 0 Å². The highest BCUT2D eigenvalue weighted by atomic mass is 32.2. The Morgan fingerprint density at radius 1 is 1.10 bits per heavy atom. The van der Waals surface area contributed by atoms with Gasteiger partial charge < -0.3 is 14.8 Å². The number of hydrogen-bond donors (Lipinski definition) is 2. The van der Waals surface area contributed by atoms with Gasteiger partial charge in [0.25, 0.3) is 5.91 Å². The van der Waals surface area contributed by atoms with Gasteiger partial charge in [-0.05, 0) is 49.1 Å². The third-order valence-corrected chi connectivity index (χ3v) is 5.81. The second-order valence-corrected chi connectivity index (χ2v) is 9.96. The number of sulfonamides is 1. The summed E-state index contributed by atoms with van der Waals surface area (Å²) in [5, 5.41) is 2.76. The topological polar surface area (TPSA) is 93.7 Å². The molecule has 7 nitrogen and oxygen atoms in total. The van der Waals surface area contributed by atoms with E-state index in [0.29, 0.717) is 22.9 Å². The first-order chi connectivity index (χ1) is 13.9. The minimum Gasteiger partial charge on any atom is -0.494 e.